The molecule has 1 spiro atoms. The van der Waals surface area contributed by atoms with Crippen molar-refractivity contribution in [3.63, 3.8) is 0 Å². The molecule has 0 aromatic rings. The van der Waals surface area contributed by atoms with Gasteiger partial charge in [-0.15, -0.1) is 0 Å². The van der Waals surface area contributed by atoms with E-state index in [1.165, 1.54) is 14.0 Å². The third-order valence-electron chi connectivity index (χ3n) is 8.89. The SMILES string of the molecule is C=CC(=C)CC[C@]1(C)[C@H]2C[C@@H](OC(=O)[C@@H](C)CC)C=C3[C@H](OC)O[C@H](OC(C)=O)[C@@]32[C@H](O)C[C@@H]1C. The van der Waals surface area contributed by atoms with Gasteiger partial charge < -0.3 is 24.1 Å². The van der Waals surface area contributed by atoms with Crippen LogP contribution in [0.5, 0.6) is 0 Å². The van der Waals surface area contributed by atoms with Crippen LogP contribution in [0, 0.1) is 28.6 Å². The molecule has 2 aliphatic carbocycles. The third kappa shape index (κ3) is 4.75. The van der Waals surface area contributed by atoms with Crippen LogP contribution in [0.3, 0.4) is 0 Å². The van der Waals surface area contributed by atoms with E-state index in [4.69, 9.17) is 18.9 Å². The maximum Gasteiger partial charge on any atom is 0.309 e. The highest BCUT2D eigenvalue weighted by molar-refractivity contribution is 5.72. The number of hydrogen-bond acceptors (Lipinski definition) is 7. The van der Waals surface area contributed by atoms with Crippen LogP contribution in [0.25, 0.3) is 0 Å². The Labute approximate surface area is 209 Å². The van der Waals surface area contributed by atoms with Gasteiger partial charge in [0.05, 0.1) is 17.4 Å². The number of carbonyl (C=O) groups is 2. The van der Waals surface area contributed by atoms with Crippen LogP contribution in [0.2, 0.25) is 0 Å². The molecule has 3 rings (SSSR count). The molecule has 0 radical (unpaired) electrons. The molecule has 0 amide bonds. The fourth-order valence-corrected chi connectivity index (χ4v) is 6.39. The predicted octanol–water partition coefficient (Wildman–Crippen LogP) is 4.70. The van der Waals surface area contributed by atoms with Crippen LogP contribution in [-0.2, 0) is 28.5 Å². The molecule has 2 fully saturated rings. The van der Waals surface area contributed by atoms with Gasteiger partial charge in [0.2, 0.25) is 6.29 Å². The molecule has 1 saturated carbocycles. The fourth-order valence-electron chi connectivity index (χ4n) is 6.39. The first-order valence-corrected chi connectivity index (χ1v) is 12.7. The summed E-state index contributed by atoms with van der Waals surface area (Å²) in [7, 11) is 1.52. The molecule has 0 aromatic carbocycles. The summed E-state index contributed by atoms with van der Waals surface area (Å²) in [6.45, 7) is 17.5. The van der Waals surface area contributed by atoms with Gasteiger partial charge in [-0.1, -0.05) is 52.5 Å². The molecular formula is C28H42O7. The molecule has 3 aliphatic rings. The zero-order valence-electron chi connectivity index (χ0n) is 22.0. The van der Waals surface area contributed by atoms with E-state index >= 15 is 0 Å². The Morgan fingerprint density at radius 3 is 2.60 bits per heavy atom. The summed E-state index contributed by atoms with van der Waals surface area (Å²) in [5, 5.41) is 11.7. The molecule has 0 unspecified atom stereocenters. The number of ether oxygens (including phenoxy) is 4. The van der Waals surface area contributed by atoms with E-state index in [1.807, 2.05) is 19.9 Å². The van der Waals surface area contributed by atoms with Gasteiger partial charge in [0.15, 0.2) is 6.29 Å². The summed E-state index contributed by atoms with van der Waals surface area (Å²) < 4.78 is 23.5. The highest BCUT2D eigenvalue weighted by atomic mass is 16.8. The molecule has 7 nitrogen and oxygen atoms in total. The lowest BCUT2D eigenvalue weighted by molar-refractivity contribution is -0.254. The van der Waals surface area contributed by atoms with Gasteiger partial charge in [0.1, 0.15) is 6.10 Å². The van der Waals surface area contributed by atoms with Crippen molar-refractivity contribution in [2.24, 2.45) is 28.6 Å². The Balaban J connectivity index is 2.15. The van der Waals surface area contributed by atoms with E-state index in [1.54, 1.807) is 6.08 Å². The Morgan fingerprint density at radius 2 is 2.03 bits per heavy atom. The van der Waals surface area contributed by atoms with E-state index in [0.717, 1.165) is 18.4 Å². The first-order chi connectivity index (χ1) is 16.4. The van der Waals surface area contributed by atoms with Crippen LogP contribution < -0.4 is 0 Å². The number of methoxy groups -OCH3 is 1. The van der Waals surface area contributed by atoms with Crippen LogP contribution in [0.15, 0.2) is 36.5 Å². The van der Waals surface area contributed by atoms with Crippen molar-refractivity contribution in [2.75, 3.05) is 7.11 Å². The summed E-state index contributed by atoms with van der Waals surface area (Å²) in [5.41, 5.74) is 0.343. The van der Waals surface area contributed by atoms with Crippen molar-refractivity contribution in [3.8, 4) is 0 Å². The van der Waals surface area contributed by atoms with E-state index in [2.05, 4.69) is 27.0 Å². The van der Waals surface area contributed by atoms with Gasteiger partial charge in [-0.2, -0.15) is 0 Å². The number of aliphatic hydroxyl groups is 1. The molecule has 1 aliphatic heterocycles. The minimum absolute atomic E-state index is 0.149. The maximum atomic E-state index is 12.7. The monoisotopic (exact) mass is 490 g/mol. The first-order valence-electron chi connectivity index (χ1n) is 12.7. The molecule has 1 saturated heterocycles. The quantitative estimate of drug-likeness (QED) is 0.285. The molecule has 9 atom stereocenters. The Bertz CT molecular complexity index is 879. The summed E-state index contributed by atoms with van der Waals surface area (Å²) in [4.78, 5) is 24.9. The fraction of sp³-hybridized carbons (Fsp3) is 0.714. The minimum atomic E-state index is -1.00. The topological polar surface area (TPSA) is 91.3 Å². The van der Waals surface area contributed by atoms with Crippen molar-refractivity contribution in [1.82, 2.24) is 0 Å². The van der Waals surface area contributed by atoms with Gasteiger partial charge in [-0.05, 0) is 55.4 Å². The Morgan fingerprint density at radius 1 is 1.34 bits per heavy atom. The number of rotatable bonds is 9. The minimum Gasteiger partial charge on any atom is -0.458 e. The molecule has 196 valence electrons. The van der Waals surface area contributed by atoms with Gasteiger partial charge in [-0.25, -0.2) is 0 Å². The standard InChI is InChI=1S/C28H42O7/c1-9-16(3)11-12-27(7)18(5)13-23(30)28-21(25(32-8)35-26(28)33-19(6)29)14-20(15-22(27)28)34-24(31)17(4)10-2/h9,14,17-18,20,22-23,25-26,30H,1,3,10-13,15H2,2,4-8H3/t17-,18-,20-,22+,23+,25+,26-,27-,28-/m0/s1. The smallest absolute Gasteiger partial charge is 0.309 e. The number of carbonyl (C=O) groups excluding carboxylic acids is 2. The largest absolute Gasteiger partial charge is 0.458 e. The second-order valence-corrected chi connectivity index (χ2v) is 10.8. The molecule has 7 heteroatoms. The van der Waals surface area contributed by atoms with Crippen molar-refractivity contribution in [1.29, 1.82) is 0 Å². The lowest BCUT2D eigenvalue weighted by Gasteiger charge is -2.60. The average molecular weight is 491 g/mol. The van der Waals surface area contributed by atoms with Crippen molar-refractivity contribution in [3.05, 3.63) is 36.5 Å². The van der Waals surface area contributed by atoms with Gasteiger partial charge >= 0.3 is 11.9 Å². The van der Waals surface area contributed by atoms with E-state index in [0.29, 0.717) is 24.8 Å². The summed E-state index contributed by atoms with van der Waals surface area (Å²) >= 11 is 0. The summed E-state index contributed by atoms with van der Waals surface area (Å²) in [6, 6.07) is 0. The first kappa shape index (κ1) is 27.6. The van der Waals surface area contributed by atoms with Crippen molar-refractivity contribution < 1.29 is 33.6 Å². The van der Waals surface area contributed by atoms with E-state index in [-0.39, 0.29) is 29.1 Å². The van der Waals surface area contributed by atoms with Crippen LogP contribution in [0.4, 0.5) is 0 Å². The van der Waals surface area contributed by atoms with E-state index in [9.17, 15) is 14.7 Å². The van der Waals surface area contributed by atoms with Crippen LogP contribution in [0.1, 0.15) is 66.7 Å². The highest BCUT2D eigenvalue weighted by Crippen LogP contribution is 2.67. The summed E-state index contributed by atoms with van der Waals surface area (Å²) in [5.74, 6) is -1.01. The maximum absolute atomic E-state index is 12.7. The van der Waals surface area contributed by atoms with Gasteiger partial charge in [0.25, 0.3) is 0 Å². The van der Waals surface area contributed by atoms with E-state index < -0.39 is 36.2 Å². The highest BCUT2D eigenvalue weighted by Gasteiger charge is 2.70. The number of hydrogen-bond donors (Lipinski definition) is 1. The average Bonchev–Trinajstić information content (AvgIpc) is 3.13. The molecule has 1 N–H and O–H groups in total. The number of esters is 2. The molecule has 0 aromatic heterocycles. The summed E-state index contributed by atoms with van der Waals surface area (Å²) in [6.07, 6.45) is 3.72. The van der Waals surface area contributed by atoms with Gasteiger partial charge in [-0.3, -0.25) is 9.59 Å². The van der Waals surface area contributed by atoms with Crippen LogP contribution >= 0.6 is 0 Å². The Hall–Kier alpha value is -1.96. The molecular weight excluding hydrogens is 448 g/mol. The number of allylic oxidation sites excluding steroid dienone is 2. The van der Waals surface area contributed by atoms with Crippen LogP contribution in [-0.4, -0.2) is 48.9 Å². The molecule has 0 bridgehead atoms. The van der Waals surface area contributed by atoms with Crippen molar-refractivity contribution >= 4 is 11.9 Å². The van der Waals surface area contributed by atoms with Gasteiger partial charge in [0, 0.05) is 19.6 Å². The second kappa shape index (κ2) is 10.6. The zero-order valence-corrected chi connectivity index (χ0v) is 22.0. The predicted molar refractivity (Wildman–Crippen MR) is 132 cm³/mol. The molecule has 1 heterocycles. The Kier molecular flexibility index (Phi) is 8.34. The van der Waals surface area contributed by atoms with Crippen molar-refractivity contribution in [2.45, 2.75) is 91.5 Å². The lowest BCUT2D eigenvalue weighted by atomic mass is 9.45. The third-order valence-corrected chi connectivity index (χ3v) is 8.89. The lowest BCUT2D eigenvalue weighted by Crippen LogP contribution is -2.63. The normalized spacial score (nSPS) is 39.0. The number of aliphatic hydroxyl groups excluding tert-OH is 1. The second-order valence-electron chi connectivity index (χ2n) is 10.8. The zero-order chi connectivity index (χ0) is 26.1. The molecule has 35 heavy (non-hydrogen) atoms.